The van der Waals surface area contributed by atoms with Crippen LogP contribution in [0.2, 0.25) is 5.02 Å². The topological polar surface area (TPSA) is 72.9 Å². The second-order valence-corrected chi connectivity index (χ2v) is 6.80. The Balaban J connectivity index is 1.76. The number of fused-ring (bicyclic) bond motifs is 1. The van der Waals surface area contributed by atoms with Gasteiger partial charge in [-0.05, 0) is 18.6 Å². The van der Waals surface area contributed by atoms with Crippen LogP contribution in [0.25, 0.3) is 11.0 Å². The highest BCUT2D eigenvalue weighted by atomic mass is 35.5. The molecule has 2 unspecified atom stereocenters. The van der Waals surface area contributed by atoms with Crippen LogP contribution < -0.4 is 10.6 Å². The van der Waals surface area contributed by atoms with Crippen LogP contribution in [0.3, 0.4) is 0 Å². The predicted molar refractivity (Wildman–Crippen MR) is 95.5 cm³/mol. The van der Waals surface area contributed by atoms with Gasteiger partial charge >= 0.3 is 0 Å². The lowest BCUT2D eigenvalue weighted by Crippen LogP contribution is -2.50. The number of nitrogens with two attached hydrogens (primary N) is 1. The second-order valence-electron chi connectivity index (χ2n) is 6.36. The second kappa shape index (κ2) is 6.77. The van der Waals surface area contributed by atoms with E-state index in [0.717, 1.165) is 5.52 Å². The van der Waals surface area contributed by atoms with E-state index in [0.29, 0.717) is 48.4 Å². The van der Waals surface area contributed by atoms with Gasteiger partial charge in [0.2, 0.25) is 5.95 Å². The summed E-state index contributed by atoms with van der Waals surface area (Å²) < 4.78 is 29.3. The van der Waals surface area contributed by atoms with E-state index in [2.05, 4.69) is 15.0 Å². The molecule has 0 amide bonds. The van der Waals surface area contributed by atoms with Crippen LogP contribution in [-0.2, 0) is 6.54 Å². The molecular weight excluding hydrogens is 362 g/mol. The van der Waals surface area contributed by atoms with Crippen molar-refractivity contribution in [2.24, 2.45) is 5.73 Å². The van der Waals surface area contributed by atoms with Crippen molar-refractivity contribution in [2.45, 2.75) is 25.2 Å². The normalized spacial score (nSPS) is 20.7. The molecule has 4 rings (SSSR count). The molecule has 0 spiro atoms. The lowest BCUT2D eigenvalue weighted by Gasteiger charge is -2.34. The average Bonchev–Trinajstić information content (AvgIpc) is 2.97. The average molecular weight is 379 g/mol. The highest BCUT2D eigenvalue weighted by molar-refractivity contribution is 6.30. The SMILES string of the molecule is NC1CN(c2nc3cc(F)ccc3n2Cc2ncc(Cl)cn2)CCC1F. The smallest absolute Gasteiger partial charge is 0.207 e. The highest BCUT2D eigenvalue weighted by Crippen LogP contribution is 2.27. The van der Waals surface area contributed by atoms with Crippen molar-refractivity contribution in [3.63, 3.8) is 0 Å². The molecule has 6 nitrogen and oxygen atoms in total. The van der Waals surface area contributed by atoms with Crippen LogP contribution in [0.1, 0.15) is 12.2 Å². The number of rotatable bonds is 3. The van der Waals surface area contributed by atoms with Gasteiger partial charge in [0.1, 0.15) is 17.8 Å². The maximum Gasteiger partial charge on any atom is 0.207 e. The Kier molecular flexibility index (Phi) is 4.46. The molecule has 0 saturated carbocycles. The molecule has 136 valence electrons. The van der Waals surface area contributed by atoms with Gasteiger partial charge in [0.15, 0.2) is 0 Å². The summed E-state index contributed by atoms with van der Waals surface area (Å²) in [4.78, 5) is 14.9. The molecule has 0 radical (unpaired) electrons. The number of halogens is 3. The Labute approximate surface area is 153 Å². The van der Waals surface area contributed by atoms with E-state index >= 15 is 0 Å². The summed E-state index contributed by atoms with van der Waals surface area (Å²) >= 11 is 5.85. The predicted octanol–water partition coefficient (Wildman–Crippen LogP) is 2.54. The molecule has 3 aromatic rings. The van der Waals surface area contributed by atoms with Gasteiger partial charge in [0.05, 0.1) is 28.6 Å². The molecule has 1 aromatic carbocycles. The number of nitrogens with zero attached hydrogens (tertiary/aromatic N) is 5. The van der Waals surface area contributed by atoms with Gasteiger partial charge < -0.3 is 15.2 Å². The largest absolute Gasteiger partial charge is 0.340 e. The zero-order valence-corrected chi connectivity index (χ0v) is 14.6. The van der Waals surface area contributed by atoms with Gasteiger partial charge in [-0.2, -0.15) is 0 Å². The van der Waals surface area contributed by atoms with Crippen LogP contribution in [-0.4, -0.2) is 44.8 Å². The number of anilines is 1. The van der Waals surface area contributed by atoms with E-state index in [-0.39, 0.29) is 5.82 Å². The fourth-order valence-electron chi connectivity index (χ4n) is 3.18. The molecule has 1 aliphatic rings. The first-order valence-corrected chi connectivity index (χ1v) is 8.66. The molecule has 9 heteroatoms. The first kappa shape index (κ1) is 17.1. The fourth-order valence-corrected chi connectivity index (χ4v) is 3.28. The molecule has 2 N–H and O–H groups in total. The Hall–Kier alpha value is -2.32. The number of benzene rings is 1. The Morgan fingerprint density at radius 1 is 1.27 bits per heavy atom. The highest BCUT2D eigenvalue weighted by Gasteiger charge is 2.29. The summed E-state index contributed by atoms with van der Waals surface area (Å²) in [6.07, 6.45) is 2.34. The van der Waals surface area contributed by atoms with Crippen LogP contribution in [0, 0.1) is 5.82 Å². The summed E-state index contributed by atoms with van der Waals surface area (Å²) in [5, 5.41) is 0.447. The zero-order chi connectivity index (χ0) is 18.3. The van der Waals surface area contributed by atoms with Gasteiger partial charge in [-0.1, -0.05) is 11.6 Å². The molecule has 1 fully saturated rings. The van der Waals surface area contributed by atoms with E-state index in [4.69, 9.17) is 17.3 Å². The molecule has 2 atom stereocenters. The Morgan fingerprint density at radius 2 is 2.04 bits per heavy atom. The van der Waals surface area contributed by atoms with Crippen molar-refractivity contribution in [1.29, 1.82) is 0 Å². The lowest BCUT2D eigenvalue weighted by molar-refractivity contribution is 0.243. The van der Waals surface area contributed by atoms with Crippen LogP contribution >= 0.6 is 11.6 Å². The van der Waals surface area contributed by atoms with E-state index in [9.17, 15) is 8.78 Å². The minimum atomic E-state index is -1.03. The third-order valence-electron chi connectivity index (χ3n) is 4.52. The summed E-state index contributed by atoms with van der Waals surface area (Å²) in [5.74, 6) is 0.783. The summed E-state index contributed by atoms with van der Waals surface area (Å²) in [6, 6.07) is 3.84. The van der Waals surface area contributed by atoms with Crippen LogP contribution in [0.15, 0.2) is 30.6 Å². The van der Waals surface area contributed by atoms with Gasteiger partial charge in [-0.15, -0.1) is 0 Å². The van der Waals surface area contributed by atoms with Gasteiger partial charge in [-0.25, -0.2) is 23.7 Å². The van der Waals surface area contributed by atoms with E-state index in [1.54, 1.807) is 6.07 Å². The van der Waals surface area contributed by atoms with E-state index in [1.807, 2.05) is 9.47 Å². The first-order chi connectivity index (χ1) is 12.5. The summed E-state index contributed by atoms with van der Waals surface area (Å²) in [7, 11) is 0. The molecule has 1 saturated heterocycles. The summed E-state index contributed by atoms with van der Waals surface area (Å²) in [5.41, 5.74) is 7.16. The Bertz CT molecular complexity index is 929. The standard InChI is InChI=1S/C17H17ClF2N6/c18-10-6-22-16(23-7-10)9-26-15-2-1-11(19)5-14(15)24-17(26)25-4-3-12(20)13(21)8-25/h1-2,5-7,12-13H,3-4,8-9,21H2. The maximum atomic E-state index is 13.7. The molecule has 3 heterocycles. The first-order valence-electron chi connectivity index (χ1n) is 8.28. The number of imidazole rings is 1. The van der Waals surface area contributed by atoms with Gasteiger partial charge in [-0.3, -0.25) is 0 Å². The number of hydrogen-bond acceptors (Lipinski definition) is 5. The molecule has 0 aliphatic carbocycles. The number of piperidine rings is 1. The van der Waals surface area contributed by atoms with Crippen LogP contribution in [0.5, 0.6) is 0 Å². The molecule has 0 bridgehead atoms. The minimum Gasteiger partial charge on any atom is -0.340 e. The van der Waals surface area contributed by atoms with Crippen LogP contribution in [0.4, 0.5) is 14.7 Å². The third-order valence-corrected chi connectivity index (χ3v) is 4.71. The maximum absolute atomic E-state index is 13.7. The molecule has 26 heavy (non-hydrogen) atoms. The quantitative estimate of drug-likeness (QED) is 0.758. The zero-order valence-electron chi connectivity index (χ0n) is 13.8. The number of alkyl halides is 1. The lowest BCUT2D eigenvalue weighted by atomic mass is 10.1. The van der Waals surface area contributed by atoms with Gasteiger partial charge in [0.25, 0.3) is 0 Å². The third kappa shape index (κ3) is 3.22. The molecule has 1 aliphatic heterocycles. The van der Waals surface area contributed by atoms with Crippen molar-refractivity contribution in [3.05, 3.63) is 47.3 Å². The van der Waals surface area contributed by atoms with Crippen molar-refractivity contribution in [2.75, 3.05) is 18.0 Å². The van der Waals surface area contributed by atoms with E-state index < -0.39 is 12.2 Å². The van der Waals surface area contributed by atoms with Gasteiger partial charge in [0, 0.05) is 31.5 Å². The van der Waals surface area contributed by atoms with Crippen molar-refractivity contribution < 1.29 is 8.78 Å². The Morgan fingerprint density at radius 3 is 2.77 bits per heavy atom. The summed E-state index contributed by atoms with van der Waals surface area (Å²) in [6.45, 7) is 1.16. The van der Waals surface area contributed by atoms with Crippen molar-refractivity contribution in [3.8, 4) is 0 Å². The number of aromatic nitrogens is 4. The minimum absolute atomic E-state index is 0.330. The monoisotopic (exact) mass is 378 g/mol. The molecule has 2 aromatic heterocycles. The van der Waals surface area contributed by atoms with E-state index in [1.165, 1.54) is 24.5 Å². The van der Waals surface area contributed by atoms with Crippen molar-refractivity contribution in [1.82, 2.24) is 19.5 Å². The molecular formula is C17H17ClF2N6. The fraction of sp³-hybridized carbons (Fsp3) is 0.353. The number of hydrogen-bond donors (Lipinski definition) is 1. The van der Waals surface area contributed by atoms with Crippen molar-refractivity contribution >= 4 is 28.6 Å².